The van der Waals surface area contributed by atoms with Crippen molar-refractivity contribution in [3.8, 4) is 0 Å². The van der Waals surface area contributed by atoms with Gasteiger partial charge in [-0.3, -0.25) is 14.4 Å². The molecule has 3 rings (SSSR count). The van der Waals surface area contributed by atoms with Gasteiger partial charge in [0.1, 0.15) is 6.54 Å². The Morgan fingerprint density at radius 3 is 2.44 bits per heavy atom. The lowest BCUT2D eigenvalue weighted by Gasteiger charge is -2.30. The quantitative estimate of drug-likeness (QED) is 0.817. The number of benzene rings is 1. The van der Waals surface area contributed by atoms with Crippen molar-refractivity contribution >= 4 is 11.8 Å². The monoisotopic (exact) mass is 367 g/mol. The highest BCUT2D eigenvalue weighted by molar-refractivity contribution is 5.93. The fourth-order valence-corrected chi connectivity index (χ4v) is 3.82. The van der Waals surface area contributed by atoms with Gasteiger partial charge in [-0.25, -0.2) is 0 Å². The van der Waals surface area contributed by atoms with Gasteiger partial charge < -0.3 is 15.2 Å². The van der Waals surface area contributed by atoms with Gasteiger partial charge in [-0.2, -0.15) is 0 Å². The second-order valence-electron chi connectivity index (χ2n) is 7.09. The van der Waals surface area contributed by atoms with Crippen LogP contribution >= 0.6 is 0 Å². The normalized spacial score (nSPS) is 15.3. The number of nitrogens with zero attached hydrogens (tertiary/aromatic N) is 1. The molecule has 0 atom stereocenters. The molecule has 1 fully saturated rings. The molecular weight excluding hydrogens is 342 g/mol. The van der Waals surface area contributed by atoms with Crippen LogP contribution in [0.5, 0.6) is 0 Å². The van der Waals surface area contributed by atoms with Crippen molar-refractivity contribution in [3.05, 3.63) is 70.1 Å². The van der Waals surface area contributed by atoms with Gasteiger partial charge in [0.05, 0.1) is 5.56 Å². The summed E-state index contributed by atoms with van der Waals surface area (Å²) >= 11 is 0. The molecule has 1 aromatic heterocycles. The first-order valence-electron chi connectivity index (χ1n) is 9.29. The van der Waals surface area contributed by atoms with Gasteiger partial charge in [0.15, 0.2) is 0 Å². The molecule has 2 N–H and O–H groups in total. The molecule has 0 bridgehead atoms. The Labute approximate surface area is 158 Å². The SMILES string of the molecule is CNC(=O)c1ccc(=O)n(CC(=O)NCC2(c3ccccc3)CCCC2)c1. The lowest BCUT2D eigenvalue weighted by atomic mass is 9.79. The van der Waals surface area contributed by atoms with Crippen molar-refractivity contribution in [1.82, 2.24) is 15.2 Å². The fraction of sp³-hybridized carbons (Fsp3) is 0.381. The maximum atomic E-state index is 12.5. The van der Waals surface area contributed by atoms with E-state index in [1.807, 2.05) is 18.2 Å². The first-order chi connectivity index (χ1) is 13.0. The van der Waals surface area contributed by atoms with Crippen LogP contribution in [0.25, 0.3) is 0 Å². The maximum absolute atomic E-state index is 12.5. The maximum Gasteiger partial charge on any atom is 0.252 e. The van der Waals surface area contributed by atoms with Gasteiger partial charge in [0.25, 0.3) is 11.5 Å². The fourth-order valence-electron chi connectivity index (χ4n) is 3.82. The highest BCUT2D eigenvalue weighted by Crippen LogP contribution is 2.40. The third-order valence-corrected chi connectivity index (χ3v) is 5.36. The average Bonchev–Trinajstić information content (AvgIpc) is 3.18. The molecule has 142 valence electrons. The Balaban J connectivity index is 1.69. The molecule has 1 saturated carbocycles. The molecule has 1 aliphatic carbocycles. The number of aromatic nitrogens is 1. The van der Waals surface area contributed by atoms with E-state index in [1.165, 1.54) is 35.5 Å². The van der Waals surface area contributed by atoms with Crippen molar-refractivity contribution in [2.24, 2.45) is 0 Å². The van der Waals surface area contributed by atoms with Crippen LogP contribution in [0, 0.1) is 0 Å². The van der Waals surface area contributed by atoms with Gasteiger partial charge in [-0.15, -0.1) is 0 Å². The summed E-state index contributed by atoms with van der Waals surface area (Å²) in [6.07, 6.45) is 5.81. The summed E-state index contributed by atoms with van der Waals surface area (Å²) < 4.78 is 1.27. The zero-order valence-corrected chi connectivity index (χ0v) is 15.5. The molecule has 27 heavy (non-hydrogen) atoms. The number of carbonyl (C=O) groups is 2. The standard InChI is InChI=1S/C21H25N3O3/c1-22-20(27)16-9-10-19(26)24(13-16)14-18(25)23-15-21(11-5-6-12-21)17-7-3-2-4-8-17/h2-4,7-10,13H,5-6,11-12,14-15H2,1H3,(H,22,27)(H,23,25). The minimum absolute atomic E-state index is 0.0359. The first-order valence-corrected chi connectivity index (χ1v) is 9.29. The van der Waals surface area contributed by atoms with E-state index >= 15 is 0 Å². The highest BCUT2D eigenvalue weighted by atomic mass is 16.2. The van der Waals surface area contributed by atoms with Crippen LogP contribution < -0.4 is 16.2 Å². The van der Waals surface area contributed by atoms with E-state index in [1.54, 1.807) is 0 Å². The van der Waals surface area contributed by atoms with Gasteiger partial charge in [-0.05, 0) is 24.5 Å². The molecule has 2 amide bonds. The largest absolute Gasteiger partial charge is 0.355 e. The summed E-state index contributed by atoms with van der Waals surface area (Å²) in [5, 5.41) is 5.51. The number of amides is 2. The van der Waals surface area contributed by atoms with E-state index in [4.69, 9.17) is 0 Å². The Kier molecular flexibility index (Phi) is 5.74. The first kappa shape index (κ1) is 18.9. The van der Waals surface area contributed by atoms with Gasteiger partial charge in [-0.1, -0.05) is 43.2 Å². The number of carbonyl (C=O) groups excluding carboxylic acids is 2. The number of hydrogen-bond donors (Lipinski definition) is 2. The smallest absolute Gasteiger partial charge is 0.252 e. The second-order valence-corrected chi connectivity index (χ2v) is 7.09. The van der Waals surface area contributed by atoms with E-state index in [2.05, 4.69) is 22.8 Å². The van der Waals surface area contributed by atoms with Crippen LogP contribution in [0.15, 0.2) is 53.5 Å². The lowest BCUT2D eigenvalue weighted by Crippen LogP contribution is -2.41. The molecule has 1 heterocycles. The van der Waals surface area contributed by atoms with E-state index in [-0.39, 0.29) is 29.3 Å². The number of nitrogens with one attached hydrogen (secondary N) is 2. The van der Waals surface area contributed by atoms with Gasteiger partial charge in [0, 0.05) is 31.3 Å². The Morgan fingerprint density at radius 1 is 1.07 bits per heavy atom. The van der Waals surface area contributed by atoms with Crippen LogP contribution in [0.1, 0.15) is 41.6 Å². The summed E-state index contributed by atoms with van der Waals surface area (Å²) in [6.45, 7) is 0.453. The van der Waals surface area contributed by atoms with Gasteiger partial charge in [0.2, 0.25) is 5.91 Å². The van der Waals surface area contributed by atoms with Crippen molar-refractivity contribution in [2.75, 3.05) is 13.6 Å². The molecule has 0 radical (unpaired) electrons. The summed E-state index contributed by atoms with van der Waals surface area (Å²) in [6, 6.07) is 13.1. The molecule has 0 saturated heterocycles. The van der Waals surface area contributed by atoms with Crippen LogP contribution in [-0.4, -0.2) is 30.0 Å². The minimum atomic E-state index is -0.309. The van der Waals surface area contributed by atoms with E-state index in [9.17, 15) is 14.4 Å². The molecule has 6 nitrogen and oxygen atoms in total. The van der Waals surface area contributed by atoms with Crippen molar-refractivity contribution in [2.45, 2.75) is 37.6 Å². The molecule has 2 aromatic rings. The number of rotatable bonds is 6. The van der Waals surface area contributed by atoms with E-state index < -0.39 is 0 Å². The van der Waals surface area contributed by atoms with Crippen LogP contribution in [-0.2, 0) is 16.8 Å². The van der Waals surface area contributed by atoms with E-state index in [0.29, 0.717) is 12.1 Å². The topological polar surface area (TPSA) is 80.2 Å². The Hall–Kier alpha value is -2.89. The molecule has 0 unspecified atom stereocenters. The zero-order chi connectivity index (χ0) is 19.3. The Bertz CT molecular complexity index is 868. The number of pyridine rings is 1. The molecule has 1 aromatic carbocycles. The summed E-state index contributed by atoms with van der Waals surface area (Å²) in [7, 11) is 1.52. The van der Waals surface area contributed by atoms with Crippen molar-refractivity contribution in [3.63, 3.8) is 0 Å². The predicted octanol–water partition coefficient (Wildman–Crippen LogP) is 1.84. The molecular formula is C21H25N3O3. The predicted molar refractivity (Wildman–Crippen MR) is 104 cm³/mol. The average molecular weight is 367 g/mol. The van der Waals surface area contributed by atoms with Crippen molar-refractivity contribution < 1.29 is 9.59 Å². The molecule has 0 spiro atoms. The third-order valence-electron chi connectivity index (χ3n) is 5.36. The number of hydrogen-bond acceptors (Lipinski definition) is 3. The van der Waals surface area contributed by atoms with Crippen LogP contribution in [0.3, 0.4) is 0 Å². The highest BCUT2D eigenvalue weighted by Gasteiger charge is 2.35. The molecule has 1 aliphatic rings. The third kappa shape index (κ3) is 4.27. The Morgan fingerprint density at radius 2 is 1.78 bits per heavy atom. The summed E-state index contributed by atoms with van der Waals surface area (Å²) in [5.74, 6) is -0.522. The lowest BCUT2D eigenvalue weighted by molar-refractivity contribution is -0.122. The summed E-state index contributed by atoms with van der Waals surface area (Å²) in [5.41, 5.74) is 1.26. The molecule has 0 aliphatic heterocycles. The van der Waals surface area contributed by atoms with Crippen molar-refractivity contribution in [1.29, 1.82) is 0 Å². The molecule has 6 heteroatoms. The van der Waals surface area contributed by atoms with Crippen LogP contribution in [0.2, 0.25) is 0 Å². The second kappa shape index (κ2) is 8.20. The minimum Gasteiger partial charge on any atom is -0.355 e. The zero-order valence-electron chi connectivity index (χ0n) is 15.5. The van der Waals surface area contributed by atoms with Gasteiger partial charge >= 0.3 is 0 Å². The van der Waals surface area contributed by atoms with E-state index in [0.717, 1.165) is 25.7 Å². The summed E-state index contributed by atoms with van der Waals surface area (Å²) in [4.78, 5) is 36.2. The van der Waals surface area contributed by atoms with Crippen LogP contribution in [0.4, 0.5) is 0 Å².